The van der Waals surface area contributed by atoms with Crippen molar-refractivity contribution in [3.8, 4) is 5.75 Å². The SMILES string of the molecule is CO[C@]1(CCN2CCN3CCOC[C@@H]3C2)/C=C/C[C@H](C)[C@@H](C)S(=O)(=O)NC(=O)c2ccc3c(c2)N(CCCCc2cc(Cl)ccc2CO3)C[C@@H]2CC[C@H]21. The second-order valence-electron chi connectivity index (χ2n) is 16.0. The third kappa shape index (κ3) is 8.60. The minimum atomic E-state index is -3.95. The number of aryl methyl sites for hydroxylation is 1. The Labute approximate surface area is 321 Å². The van der Waals surface area contributed by atoms with E-state index in [1.165, 1.54) is 5.56 Å². The maximum absolute atomic E-state index is 13.6. The Morgan fingerprint density at radius 1 is 1.02 bits per heavy atom. The van der Waals surface area contributed by atoms with E-state index in [4.69, 9.17) is 25.8 Å². The van der Waals surface area contributed by atoms with Gasteiger partial charge in [-0.1, -0.05) is 36.7 Å². The van der Waals surface area contributed by atoms with Gasteiger partial charge in [0.2, 0.25) is 10.0 Å². The van der Waals surface area contributed by atoms with Crippen molar-refractivity contribution in [2.75, 3.05) is 71.0 Å². The lowest BCUT2D eigenvalue weighted by Gasteiger charge is -2.51. The molecule has 1 aliphatic carbocycles. The van der Waals surface area contributed by atoms with Crippen molar-refractivity contribution >= 4 is 33.2 Å². The zero-order valence-corrected chi connectivity index (χ0v) is 33.2. The zero-order valence-electron chi connectivity index (χ0n) is 31.6. The number of piperazine rings is 1. The fourth-order valence-electron chi connectivity index (χ4n) is 9.11. The number of nitrogens with zero attached hydrogens (tertiary/aromatic N) is 3. The molecule has 1 N–H and O–H groups in total. The summed E-state index contributed by atoms with van der Waals surface area (Å²) in [6, 6.07) is 11.7. The molecule has 4 heterocycles. The lowest BCUT2D eigenvalue weighted by atomic mass is 9.63. The van der Waals surface area contributed by atoms with Gasteiger partial charge in [-0.3, -0.25) is 9.69 Å². The predicted octanol–water partition coefficient (Wildman–Crippen LogP) is 5.92. The van der Waals surface area contributed by atoms with E-state index >= 15 is 0 Å². The van der Waals surface area contributed by atoms with Crippen LogP contribution in [-0.2, 0) is 32.5 Å². The molecule has 1 amide bonds. The van der Waals surface area contributed by atoms with Crippen molar-refractivity contribution in [2.45, 2.75) is 82.3 Å². The van der Waals surface area contributed by atoms with Gasteiger partial charge in [0.25, 0.3) is 5.91 Å². The van der Waals surface area contributed by atoms with Gasteiger partial charge in [0, 0.05) is 69.6 Å². The second kappa shape index (κ2) is 16.6. The van der Waals surface area contributed by atoms with Crippen LogP contribution in [0.15, 0.2) is 48.6 Å². The van der Waals surface area contributed by atoms with Gasteiger partial charge >= 0.3 is 0 Å². The Bertz CT molecular complexity index is 1760. The van der Waals surface area contributed by atoms with E-state index < -0.39 is 26.8 Å². The average Bonchev–Trinajstić information content (AvgIpc) is 3.17. The molecule has 6 atom stereocenters. The topological polar surface area (TPSA) is 101 Å². The van der Waals surface area contributed by atoms with E-state index in [0.29, 0.717) is 36.3 Å². The summed E-state index contributed by atoms with van der Waals surface area (Å²) in [7, 11) is -2.10. The molecule has 2 aromatic rings. The number of nitrogens with one attached hydrogen (secondary N) is 1. The van der Waals surface area contributed by atoms with Crippen LogP contribution in [-0.4, -0.2) is 107 Å². The van der Waals surface area contributed by atoms with Crippen LogP contribution >= 0.6 is 11.6 Å². The van der Waals surface area contributed by atoms with Crippen molar-refractivity contribution in [3.05, 3.63) is 70.3 Å². The molecule has 2 saturated heterocycles. The standard InChI is InChI=1S/C41H57ClN4O6S/c1-29-7-6-15-41(50-3,16-18-44-19-20-45-21-22-51-28-36(45)26-44)37-13-10-33(37)25-46-17-5-4-8-31-23-35(42)12-9-34(31)27-52-39-14-11-32(24-38(39)46)40(47)43-53(48,49)30(29)2/h6,9,11-12,14-15,23-24,29-30,33,36-37H,4-5,7-8,10,13,16-22,25-28H2,1-3H3,(H,43,47)/b15-6+/t29-,30+,33-,36-,37+,41-/m0/s1. The van der Waals surface area contributed by atoms with E-state index in [0.717, 1.165) is 114 Å². The number of morpholine rings is 1. The number of hydrogen-bond acceptors (Lipinski definition) is 9. The van der Waals surface area contributed by atoms with Crippen LogP contribution < -0.4 is 14.4 Å². The van der Waals surface area contributed by atoms with Crippen molar-refractivity contribution in [1.29, 1.82) is 0 Å². The summed E-state index contributed by atoms with van der Waals surface area (Å²) in [5.41, 5.74) is 2.91. The Kier molecular flexibility index (Phi) is 12.1. The number of fused-ring (bicyclic) bond motifs is 4. The molecule has 12 heteroatoms. The molecule has 0 radical (unpaired) electrons. The smallest absolute Gasteiger partial charge is 0.264 e. The summed E-state index contributed by atoms with van der Waals surface area (Å²) >= 11 is 6.41. The molecule has 7 rings (SSSR count). The molecular weight excluding hydrogens is 712 g/mol. The van der Waals surface area contributed by atoms with E-state index in [9.17, 15) is 13.2 Å². The van der Waals surface area contributed by atoms with E-state index in [1.807, 2.05) is 44.4 Å². The lowest BCUT2D eigenvalue weighted by Crippen LogP contribution is -2.59. The van der Waals surface area contributed by atoms with Crippen LogP contribution in [0.4, 0.5) is 5.69 Å². The highest BCUT2D eigenvalue weighted by molar-refractivity contribution is 7.90. The third-order valence-corrected chi connectivity index (χ3v) is 15.0. The Morgan fingerprint density at radius 2 is 1.89 bits per heavy atom. The highest BCUT2D eigenvalue weighted by Gasteiger charge is 2.47. The first-order valence-electron chi connectivity index (χ1n) is 19.7. The molecule has 0 aromatic heterocycles. The molecule has 0 unspecified atom stereocenters. The fraction of sp³-hybridized carbons (Fsp3) is 0.634. The molecule has 0 spiro atoms. The van der Waals surface area contributed by atoms with E-state index in [1.54, 1.807) is 13.0 Å². The molecule has 2 aromatic carbocycles. The van der Waals surface area contributed by atoms with Gasteiger partial charge in [-0.25, -0.2) is 13.1 Å². The minimum absolute atomic E-state index is 0.218. The van der Waals surface area contributed by atoms with Crippen molar-refractivity contribution in [1.82, 2.24) is 14.5 Å². The molecule has 1 saturated carbocycles. The van der Waals surface area contributed by atoms with Crippen LogP contribution in [0.25, 0.3) is 0 Å². The first-order chi connectivity index (χ1) is 25.5. The fourth-order valence-corrected chi connectivity index (χ4v) is 10.6. The van der Waals surface area contributed by atoms with Gasteiger partial charge in [-0.15, -0.1) is 0 Å². The van der Waals surface area contributed by atoms with Crippen LogP contribution in [0.2, 0.25) is 5.02 Å². The highest BCUT2D eigenvalue weighted by atomic mass is 35.5. The number of anilines is 1. The summed E-state index contributed by atoms with van der Waals surface area (Å²) in [5, 5.41) is -0.0592. The number of hydrogen-bond donors (Lipinski definition) is 1. The maximum Gasteiger partial charge on any atom is 0.264 e. The molecule has 53 heavy (non-hydrogen) atoms. The molecule has 4 aliphatic heterocycles. The van der Waals surface area contributed by atoms with Crippen LogP contribution in [0.3, 0.4) is 0 Å². The minimum Gasteiger partial charge on any atom is -0.487 e. The number of carbonyl (C=O) groups is 1. The zero-order chi connectivity index (χ0) is 37.2. The van der Waals surface area contributed by atoms with E-state index in [-0.39, 0.29) is 11.8 Å². The number of rotatable bonds is 4. The monoisotopic (exact) mass is 768 g/mol. The normalized spacial score (nSPS) is 32.0. The number of methoxy groups -OCH3 is 1. The van der Waals surface area contributed by atoms with Gasteiger partial charge in [-0.05, 0) is 111 Å². The molecule has 10 nitrogen and oxygen atoms in total. The number of benzene rings is 2. The molecule has 3 fully saturated rings. The summed E-state index contributed by atoms with van der Waals surface area (Å²) in [6.45, 7) is 12.2. The number of allylic oxidation sites excluding steroid dienone is 1. The van der Waals surface area contributed by atoms with Gasteiger partial charge in [0.05, 0.1) is 29.8 Å². The highest BCUT2D eigenvalue weighted by Crippen LogP contribution is 2.48. The largest absolute Gasteiger partial charge is 0.487 e. The van der Waals surface area contributed by atoms with Gasteiger partial charge in [0.1, 0.15) is 12.4 Å². The van der Waals surface area contributed by atoms with Crippen molar-refractivity contribution in [2.24, 2.45) is 17.8 Å². The molecule has 5 aliphatic rings. The predicted molar refractivity (Wildman–Crippen MR) is 209 cm³/mol. The number of ether oxygens (including phenoxy) is 3. The summed E-state index contributed by atoms with van der Waals surface area (Å²) in [4.78, 5) is 21.1. The van der Waals surface area contributed by atoms with Crippen LogP contribution in [0, 0.1) is 17.8 Å². The average molecular weight is 769 g/mol. The lowest BCUT2D eigenvalue weighted by molar-refractivity contribution is -0.0897. The first-order valence-corrected chi connectivity index (χ1v) is 21.6. The quantitative estimate of drug-likeness (QED) is 0.380. The van der Waals surface area contributed by atoms with Gasteiger partial charge in [0.15, 0.2) is 0 Å². The Balaban J connectivity index is 1.22. The van der Waals surface area contributed by atoms with E-state index in [2.05, 4.69) is 31.6 Å². The second-order valence-corrected chi connectivity index (χ2v) is 18.5. The number of carbonyl (C=O) groups excluding carboxylic acids is 1. The maximum atomic E-state index is 13.6. The summed E-state index contributed by atoms with van der Waals surface area (Å²) in [5.74, 6) is 0.482. The van der Waals surface area contributed by atoms with Crippen LogP contribution in [0.5, 0.6) is 5.75 Å². The Morgan fingerprint density at radius 3 is 2.70 bits per heavy atom. The molecule has 2 bridgehead atoms. The summed E-state index contributed by atoms with van der Waals surface area (Å²) in [6.07, 6.45) is 10.8. The van der Waals surface area contributed by atoms with Crippen LogP contribution in [0.1, 0.15) is 73.9 Å². The van der Waals surface area contributed by atoms with Gasteiger partial charge < -0.3 is 24.0 Å². The first kappa shape index (κ1) is 38.6. The molecular formula is C41H57ClN4O6S. The van der Waals surface area contributed by atoms with Crippen molar-refractivity contribution in [3.63, 3.8) is 0 Å². The van der Waals surface area contributed by atoms with Gasteiger partial charge in [-0.2, -0.15) is 0 Å². The Hall–Kier alpha value is -2.67. The molecule has 290 valence electrons. The number of sulfonamides is 1. The summed E-state index contributed by atoms with van der Waals surface area (Å²) < 4.78 is 48.6. The third-order valence-electron chi connectivity index (χ3n) is 12.9. The number of halogens is 1. The number of amides is 1. The van der Waals surface area contributed by atoms with Crippen molar-refractivity contribution < 1.29 is 27.4 Å².